The van der Waals surface area contributed by atoms with E-state index in [1.807, 2.05) is 30.3 Å². The first-order valence-electron chi connectivity index (χ1n) is 9.32. The van der Waals surface area contributed by atoms with Gasteiger partial charge in [0.1, 0.15) is 30.3 Å². The van der Waals surface area contributed by atoms with Gasteiger partial charge in [0.2, 0.25) is 0 Å². The summed E-state index contributed by atoms with van der Waals surface area (Å²) in [6, 6.07) is 14.1. The Labute approximate surface area is 162 Å². The van der Waals surface area contributed by atoms with Crippen LogP contribution in [0.2, 0.25) is 0 Å². The number of likely N-dealkylation sites (tertiary alicyclic amines) is 1. The maximum atomic E-state index is 12.6. The van der Waals surface area contributed by atoms with Crippen LogP contribution < -0.4 is 9.47 Å². The van der Waals surface area contributed by atoms with Crippen LogP contribution in [0.15, 0.2) is 54.6 Å². The van der Waals surface area contributed by atoms with E-state index in [1.54, 1.807) is 0 Å². The Morgan fingerprint density at radius 3 is 2.21 bits per heavy atom. The number of β-amino-alcohol motifs (C(OH)–C–C–N with tert-alkyl or cyclic N) is 1. The molecule has 0 radical (unpaired) electrons. The van der Waals surface area contributed by atoms with Crippen LogP contribution in [0.25, 0.3) is 0 Å². The summed E-state index contributed by atoms with van der Waals surface area (Å²) in [6.07, 6.45) is -3.45. The van der Waals surface area contributed by atoms with Crippen LogP contribution in [0.4, 0.5) is 13.2 Å². The summed E-state index contributed by atoms with van der Waals surface area (Å²) in [7, 11) is 0. The van der Waals surface area contributed by atoms with E-state index in [1.165, 1.54) is 12.1 Å². The topological polar surface area (TPSA) is 41.9 Å². The van der Waals surface area contributed by atoms with E-state index in [0.717, 1.165) is 43.8 Å². The van der Waals surface area contributed by atoms with Crippen molar-refractivity contribution in [1.82, 2.24) is 4.90 Å². The number of hydrogen-bond acceptors (Lipinski definition) is 4. The van der Waals surface area contributed by atoms with Gasteiger partial charge in [-0.05, 0) is 49.2 Å². The lowest BCUT2D eigenvalue weighted by atomic mass is 10.1. The van der Waals surface area contributed by atoms with Crippen molar-refractivity contribution in [3.05, 3.63) is 60.2 Å². The highest BCUT2D eigenvalue weighted by molar-refractivity contribution is 5.29. The molecule has 0 bridgehead atoms. The molecule has 1 fully saturated rings. The van der Waals surface area contributed by atoms with Crippen LogP contribution in [0.1, 0.15) is 18.4 Å². The van der Waals surface area contributed by atoms with Gasteiger partial charge in [0, 0.05) is 19.6 Å². The number of aliphatic hydroxyl groups excluding tert-OH is 1. The lowest BCUT2D eigenvalue weighted by Gasteiger charge is -2.33. The van der Waals surface area contributed by atoms with Crippen molar-refractivity contribution in [1.29, 1.82) is 0 Å². The molecule has 1 saturated heterocycles. The number of rotatable bonds is 7. The molecule has 152 valence electrons. The highest BCUT2D eigenvalue weighted by Crippen LogP contribution is 2.30. The van der Waals surface area contributed by atoms with Crippen LogP contribution in [0.5, 0.6) is 11.5 Å². The van der Waals surface area contributed by atoms with Gasteiger partial charge in [-0.25, -0.2) is 0 Å². The number of hydrogen-bond donors (Lipinski definition) is 1. The zero-order chi connectivity index (χ0) is 20.0. The number of ether oxygens (including phenoxy) is 2. The zero-order valence-corrected chi connectivity index (χ0v) is 15.4. The summed E-state index contributed by atoms with van der Waals surface area (Å²) in [6.45, 7) is 2.26. The fraction of sp³-hybridized carbons (Fsp3) is 0.429. The quantitative estimate of drug-likeness (QED) is 0.770. The fourth-order valence-electron chi connectivity index (χ4n) is 3.18. The molecule has 1 atom stereocenters. The third kappa shape index (κ3) is 6.14. The maximum absolute atomic E-state index is 12.6. The van der Waals surface area contributed by atoms with Crippen molar-refractivity contribution in [2.75, 3.05) is 26.2 Å². The predicted molar refractivity (Wildman–Crippen MR) is 99.5 cm³/mol. The molecule has 1 unspecified atom stereocenters. The van der Waals surface area contributed by atoms with Gasteiger partial charge in [0.05, 0.1) is 5.56 Å². The van der Waals surface area contributed by atoms with Crippen LogP contribution in [-0.4, -0.2) is 48.5 Å². The predicted octanol–water partition coefficient (Wildman–Crippen LogP) is 3.99. The van der Waals surface area contributed by atoms with Crippen LogP contribution in [-0.2, 0) is 6.18 Å². The van der Waals surface area contributed by atoms with E-state index in [-0.39, 0.29) is 12.7 Å². The van der Waals surface area contributed by atoms with Gasteiger partial charge in [-0.3, -0.25) is 0 Å². The van der Waals surface area contributed by atoms with Gasteiger partial charge in [-0.2, -0.15) is 13.2 Å². The first-order chi connectivity index (χ1) is 13.4. The van der Waals surface area contributed by atoms with E-state index < -0.39 is 17.8 Å². The molecule has 7 heteroatoms. The monoisotopic (exact) mass is 395 g/mol. The molecule has 0 saturated carbocycles. The van der Waals surface area contributed by atoms with E-state index in [4.69, 9.17) is 9.47 Å². The molecule has 0 aromatic heterocycles. The normalized spacial score (nSPS) is 17.3. The molecule has 1 aliphatic rings. The molecule has 1 aliphatic heterocycles. The molecule has 3 rings (SSSR count). The summed E-state index contributed by atoms with van der Waals surface area (Å²) < 4.78 is 49.2. The summed E-state index contributed by atoms with van der Waals surface area (Å²) in [5, 5.41) is 10.2. The third-order valence-corrected chi connectivity index (χ3v) is 4.67. The number of halogens is 3. The standard InChI is InChI=1S/C21H24F3NO3/c22-21(23,24)16-6-8-19(9-7-16)28-20-10-12-25(13-11-20)14-17(26)15-27-18-4-2-1-3-5-18/h1-9,17,20,26H,10-15H2. The maximum Gasteiger partial charge on any atom is 0.416 e. The molecule has 1 N–H and O–H groups in total. The summed E-state index contributed by atoms with van der Waals surface area (Å²) >= 11 is 0. The van der Waals surface area contributed by atoms with E-state index in [0.29, 0.717) is 12.3 Å². The third-order valence-electron chi connectivity index (χ3n) is 4.67. The minimum atomic E-state index is -4.34. The Kier molecular flexibility index (Phi) is 6.80. The van der Waals surface area contributed by atoms with Crippen LogP contribution >= 0.6 is 0 Å². The first kappa shape index (κ1) is 20.5. The van der Waals surface area contributed by atoms with Gasteiger partial charge in [0.15, 0.2) is 0 Å². The average Bonchev–Trinajstić information content (AvgIpc) is 2.68. The Balaban J connectivity index is 1.38. The van der Waals surface area contributed by atoms with E-state index in [2.05, 4.69) is 4.90 Å². The fourth-order valence-corrected chi connectivity index (χ4v) is 3.18. The Bertz CT molecular complexity index is 714. The highest BCUT2D eigenvalue weighted by atomic mass is 19.4. The first-order valence-corrected chi connectivity index (χ1v) is 9.32. The molecular weight excluding hydrogens is 371 g/mol. The van der Waals surface area contributed by atoms with Gasteiger partial charge in [0.25, 0.3) is 0 Å². The lowest BCUT2D eigenvalue weighted by molar-refractivity contribution is -0.137. The smallest absolute Gasteiger partial charge is 0.416 e. The van der Waals surface area contributed by atoms with Crippen molar-refractivity contribution in [3.8, 4) is 11.5 Å². The highest BCUT2D eigenvalue weighted by Gasteiger charge is 2.30. The molecule has 2 aromatic carbocycles. The van der Waals surface area contributed by atoms with Gasteiger partial charge >= 0.3 is 6.18 Å². The van der Waals surface area contributed by atoms with Crippen LogP contribution in [0, 0.1) is 0 Å². The number of para-hydroxylation sites is 1. The summed E-state index contributed by atoms with van der Waals surface area (Å²) in [4.78, 5) is 2.14. The second-order valence-corrected chi connectivity index (χ2v) is 6.92. The van der Waals surface area contributed by atoms with Crippen LogP contribution in [0.3, 0.4) is 0 Å². The number of nitrogens with zero attached hydrogens (tertiary/aromatic N) is 1. The van der Waals surface area contributed by atoms with E-state index in [9.17, 15) is 18.3 Å². The van der Waals surface area contributed by atoms with Gasteiger partial charge in [-0.1, -0.05) is 18.2 Å². The van der Waals surface area contributed by atoms with Gasteiger partial charge < -0.3 is 19.5 Å². The molecular formula is C21H24F3NO3. The Hall–Kier alpha value is -2.25. The Morgan fingerprint density at radius 1 is 0.964 bits per heavy atom. The molecule has 2 aromatic rings. The number of piperidine rings is 1. The SMILES string of the molecule is OC(COc1ccccc1)CN1CCC(Oc2ccc(C(F)(F)F)cc2)CC1. The number of benzene rings is 2. The van der Waals surface area contributed by atoms with E-state index >= 15 is 0 Å². The molecule has 28 heavy (non-hydrogen) atoms. The number of alkyl halides is 3. The summed E-state index contributed by atoms with van der Waals surface area (Å²) in [5.41, 5.74) is -0.679. The minimum Gasteiger partial charge on any atom is -0.491 e. The minimum absolute atomic E-state index is 0.0364. The molecule has 1 heterocycles. The van der Waals surface area contributed by atoms with Crippen molar-refractivity contribution >= 4 is 0 Å². The molecule has 0 amide bonds. The Morgan fingerprint density at radius 2 is 1.61 bits per heavy atom. The van der Waals surface area contributed by atoms with Crippen molar-refractivity contribution in [2.45, 2.75) is 31.2 Å². The zero-order valence-electron chi connectivity index (χ0n) is 15.4. The largest absolute Gasteiger partial charge is 0.491 e. The number of aliphatic hydroxyl groups is 1. The molecule has 0 spiro atoms. The summed E-state index contributed by atoms with van der Waals surface area (Å²) in [5.74, 6) is 1.17. The van der Waals surface area contributed by atoms with Crippen molar-refractivity contribution in [3.63, 3.8) is 0 Å². The second kappa shape index (κ2) is 9.30. The molecule has 4 nitrogen and oxygen atoms in total. The second-order valence-electron chi connectivity index (χ2n) is 6.92. The van der Waals surface area contributed by atoms with Gasteiger partial charge in [-0.15, -0.1) is 0 Å². The van der Waals surface area contributed by atoms with Crippen molar-refractivity contribution in [2.24, 2.45) is 0 Å². The molecule has 0 aliphatic carbocycles. The lowest BCUT2D eigenvalue weighted by Crippen LogP contribution is -2.43. The average molecular weight is 395 g/mol. The van der Waals surface area contributed by atoms with Crippen molar-refractivity contribution < 1.29 is 27.8 Å².